The first-order valence-electron chi connectivity index (χ1n) is 11.7. The normalized spacial score (nSPS) is 25.9. The van der Waals surface area contributed by atoms with Gasteiger partial charge < -0.3 is 10.0 Å². The fourth-order valence-corrected chi connectivity index (χ4v) is 5.60. The average Bonchev–Trinajstić information content (AvgIpc) is 3.17. The minimum absolute atomic E-state index is 0.0501. The SMILES string of the molecule is Cc1cccc([C@@H]2[C@H](N3CC[C@H](O)C3)CCN2C(=O)Cn2nc(C3CC3)cc2C(F)(F)F)c1Cl. The van der Waals surface area contributed by atoms with Crippen LogP contribution in [0, 0.1) is 6.92 Å². The fourth-order valence-electron chi connectivity index (χ4n) is 5.36. The number of hydrogen-bond donors (Lipinski definition) is 1. The van der Waals surface area contributed by atoms with Gasteiger partial charge in [0.2, 0.25) is 5.91 Å². The Morgan fingerprint density at radius 2 is 1.97 bits per heavy atom. The second-order valence-corrected chi connectivity index (χ2v) is 10.1. The summed E-state index contributed by atoms with van der Waals surface area (Å²) in [6.45, 7) is 3.03. The highest BCUT2D eigenvalue weighted by Gasteiger charge is 2.45. The van der Waals surface area contributed by atoms with E-state index < -0.39 is 36.5 Å². The third-order valence-electron chi connectivity index (χ3n) is 7.26. The van der Waals surface area contributed by atoms with Crippen molar-refractivity contribution >= 4 is 17.5 Å². The van der Waals surface area contributed by atoms with Crippen LogP contribution in [0.5, 0.6) is 0 Å². The molecule has 1 N–H and O–H groups in total. The lowest BCUT2D eigenvalue weighted by atomic mass is 9.97. The molecule has 3 aliphatic rings. The summed E-state index contributed by atoms with van der Waals surface area (Å²) in [5.74, 6) is -0.366. The highest BCUT2D eigenvalue weighted by molar-refractivity contribution is 6.32. The Bertz CT molecular complexity index is 1080. The molecule has 1 aliphatic carbocycles. The average molecular weight is 497 g/mol. The van der Waals surface area contributed by atoms with Crippen molar-refractivity contribution in [2.45, 2.75) is 69.4 Å². The zero-order valence-electron chi connectivity index (χ0n) is 18.9. The number of nitrogens with zero attached hydrogens (tertiary/aromatic N) is 4. The van der Waals surface area contributed by atoms with Crippen molar-refractivity contribution in [1.29, 1.82) is 0 Å². The molecular weight excluding hydrogens is 469 g/mol. The number of alkyl halides is 3. The van der Waals surface area contributed by atoms with Crippen LogP contribution in [-0.2, 0) is 17.5 Å². The van der Waals surface area contributed by atoms with Crippen LogP contribution < -0.4 is 0 Å². The van der Waals surface area contributed by atoms with Crippen LogP contribution in [0.4, 0.5) is 13.2 Å². The molecule has 1 saturated carbocycles. The van der Waals surface area contributed by atoms with Crippen LogP contribution in [0.3, 0.4) is 0 Å². The zero-order valence-corrected chi connectivity index (χ0v) is 19.7. The van der Waals surface area contributed by atoms with E-state index in [1.54, 1.807) is 4.90 Å². The molecule has 1 aromatic heterocycles. The van der Waals surface area contributed by atoms with Gasteiger partial charge in [0.25, 0.3) is 0 Å². The Morgan fingerprint density at radius 3 is 2.62 bits per heavy atom. The predicted octanol–water partition coefficient (Wildman–Crippen LogP) is 4.15. The zero-order chi connectivity index (χ0) is 24.2. The van der Waals surface area contributed by atoms with Gasteiger partial charge in [-0.05, 0) is 49.8 Å². The molecule has 2 saturated heterocycles. The molecule has 0 radical (unpaired) electrons. The van der Waals surface area contributed by atoms with Gasteiger partial charge >= 0.3 is 6.18 Å². The topological polar surface area (TPSA) is 61.6 Å². The molecule has 6 nitrogen and oxygen atoms in total. The molecule has 3 atom stereocenters. The first-order chi connectivity index (χ1) is 16.1. The molecule has 0 bridgehead atoms. The summed E-state index contributed by atoms with van der Waals surface area (Å²) in [6, 6.07) is 6.26. The maximum Gasteiger partial charge on any atom is 0.433 e. The van der Waals surface area contributed by atoms with Gasteiger partial charge in [-0.15, -0.1) is 0 Å². The molecule has 184 valence electrons. The number of hydrogen-bond acceptors (Lipinski definition) is 4. The number of aryl methyl sites for hydroxylation is 1. The lowest BCUT2D eigenvalue weighted by Crippen LogP contribution is -2.42. The minimum Gasteiger partial charge on any atom is -0.392 e. The third-order valence-corrected chi connectivity index (χ3v) is 7.78. The van der Waals surface area contributed by atoms with Crippen molar-refractivity contribution in [3.05, 3.63) is 51.8 Å². The number of amides is 1. The number of β-amino-alcohol motifs (C(OH)–C–C–N with tert-alkyl or cyclic N) is 1. The van der Waals surface area contributed by atoms with E-state index in [2.05, 4.69) is 10.00 Å². The molecule has 0 unspecified atom stereocenters. The smallest absolute Gasteiger partial charge is 0.392 e. The Morgan fingerprint density at radius 1 is 1.21 bits per heavy atom. The summed E-state index contributed by atoms with van der Waals surface area (Å²) >= 11 is 6.66. The molecule has 3 fully saturated rings. The van der Waals surface area contributed by atoms with Crippen molar-refractivity contribution in [3.8, 4) is 0 Å². The van der Waals surface area contributed by atoms with E-state index in [-0.39, 0.29) is 12.0 Å². The van der Waals surface area contributed by atoms with Crippen molar-refractivity contribution in [3.63, 3.8) is 0 Å². The number of aliphatic hydroxyl groups excluding tert-OH is 1. The van der Waals surface area contributed by atoms with Crippen LogP contribution in [-0.4, -0.2) is 62.4 Å². The number of benzene rings is 1. The van der Waals surface area contributed by atoms with E-state index in [1.165, 1.54) is 0 Å². The van der Waals surface area contributed by atoms with Gasteiger partial charge in [-0.2, -0.15) is 18.3 Å². The molecule has 1 amide bonds. The highest BCUT2D eigenvalue weighted by Crippen LogP contribution is 2.43. The number of likely N-dealkylation sites (tertiary alicyclic amines) is 2. The molecule has 2 aliphatic heterocycles. The van der Waals surface area contributed by atoms with Gasteiger partial charge in [0.05, 0.1) is 17.8 Å². The number of aliphatic hydroxyl groups is 1. The summed E-state index contributed by atoms with van der Waals surface area (Å²) in [6.07, 6.45) is -2.04. The lowest BCUT2D eigenvalue weighted by Gasteiger charge is -2.34. The molecule has 5 rings (SSSR count). The molecule has 3 heterocycles. The summed E-state index contributed by atoms with van der Waals surface area (Å²) in [4.78, 5) is 17.3. The predicted molar refractivity (Wildman–Crippen MR) is 120 cm³/mol. The molecule has 34 heavy (non-hydrogen) atoms. The van der Waals surface area contributed by atoms with Gasteiger partial charge in [-0.1, -0.05) is 29.8 Å². The van der Waals surface area contributed by atoms with Gasteiger partial charge in [-0.25, -0.2) is 0 Å². The number of aromatic nitrogens is 2. The van der Waals surface area contributed by atoms with Crippen molar-refractivity contribution < 1.29 is 23.1 Å². The molecular formula is C24H28ClF3N4O2. The second-order valence-electron chi connectivity index (χ2n) is 9.69. The monoisotopic (exact) mass is 496 g/mol. The van der Waals surface area contributed by atoms with Crippen LogP contribution in [0.15, 0.2) is 24.3 Å². The molecule has 1 aromatic carbocycles. The summed E-state index contributed by atoms with van der Waals surface area (Å²) in [7, 11) is 0. The van der Waals surface area contributed by atoms with Crippen LogP contribution >= 0.6 is 11.6 Å². The summed E-state index contributed by atoms with van der Waals surface area (Å²) in [5.41, 5.74) is 1.18. The van der Waals surface area contributed by atoms with E-state index in [1.807, 2.05) is 25.1 Å². The van der Waals surface area contributed by atoms with E-state index >= 15 is 0 Å². The fraction of sp³-hybridized carbons (Fsp3) is 0.583. The van der Waals surface area contributed by atoms with Crippen molar-refractivity contribution in [2.24, 2.45) is 0 Å². The van der Waals surface area contributed by atoms with Gasteiger partial charge in [0, 0.05) is 36.6 Å². The van der Waals surface area contributed by atoms with E-state index in [0.717, 1.165) is 34.7 Å². The Labute approximate surface area is 201 Å². The molecule has 10 heteroatoms. The third kappa shape index (κ3) is 4.45. The van der Waals surface area contributed by atoms with E-state index in [0.29, 0.717) is 43.2 Å². The van der Waals surface area contributed by atoms with Crippen molar-refractivity contribution in [2.75, 3.05) is 19.6 Å². The summed E-state index contributed by atoms with van der Waals surface area (Å²) in [5, 5.41) is 14.8. The number of carbonyl (C=O) groups excluding carboxylic acids is 1. The first kappa shape index (κ1) is 23.6. The second kappa shape index (κ2) is 8.84. The maximum absolute atomic E-state index is 13.7. The number of carbonyl (C=O) groups is 1. The lowest BCUT2D eigenvalue weighted by molar-refractivity contribution is -0.146. The Balaban J connectivity index is 1.46. The van der Waals surface area contributed by atoms with Crippen molar-refractivity contribution in [1.82, 2.24) is 19.6 Å². The molecule has 2 aromatic rings. The van der Waals surface area contributed by atoms with E-state index in [9.17, 15) is 23.1 Å². The maximum atomic E-state index is 13.7. The van der Waals surface area contributed by atoms with Crippen LogP contribution in [0.1, 0.15) is 60.2 Å². The number of rotatable bonds is 5. The van der Waals surface area contributed by atoms with Crippen LogP contribution in [0.2, 0.25) is 5.02 Å². The van der Waals surface area contributed by atoms with Crippen LogP contribution in [0.25, 0.3) is 0 Å². The minimum atomic E-state index is -4.58. The van der Waals surface area contributed by atoms with E-state index in [4.69, 9.17) is 11.6 Å². The standard InChI is InChI=1S/C24H28ClF3N4O2/c1-14-3-2-4-17(22(14)25)23-19(30-9-7-16(33)12-30)8-10-31(23)21(34)13-32-20(24(26,27)28)11-18(29-32)15-5-6-15/h2-4,11,15-16,19,23,33H,5-10,12-13H2,1H3/t16-,19+,23+/m0/s1. The van der Waals surface area contributed by atoms with Gasteiger partial charge in [-0.3, -0.25) is 14.4 Å². The number of halogens is 4. The van der Waals surface area contributed by atoms with Gasteiger partial charge in [0.1, 0.15) is 12.2 Å². The quantitative estimate of drug-likeness (QED) is 0.675. The first-order valence-corrected chi connectivity index (χ1v) is 12.1. The van der Waals surface area contributed by atoms with Gasteiger partial charge in [0.15, 0.2) is 0 Å². The Hall–Kier alpha value is -2.10. The Kier molecular flexibility index (Phi) is 6.14. The summed E-state index contributed by atoms with van der Waals surface area (Å²) < 4.78 is 41.9. The largest absolute Gasteiger partial charge is 0.433 e. The molecule has 0 spiro atoms. The highest BCUT2D eigenvalue weighted by atomic mass is 35.5.